The van der Waals surface area contributed by atoms with Crippen molar-refractivity contribution in [1.82, 2.24) is 0 Å². The van der Waals surface area contributed by atoms with Gasteiger partial charge in [-0.3, -0.25) is 0 Å². The van der Waals surface area contributed by atoms with Crippen LogP contribution in [0, 0.1) is 23.3 Å². The lowest BCUT2D eigenvalue weighted by molar-refractivity contribution is 0.414. The lowest BCUT2D eigenvalue weighted by Gasteiger charge is -2.21. The Labute approximate surface area is 142 Å². The van der Waals surface area contributed by atoms with Crippen molar-refractivity contribution < 1.29 is 22.3 Å². The summed E-state index contributed by atoms with van der Waals surface area (Å²) < 4.78 is 61.3. The van der Waals surface area contributed by atoms with Crippen molar-refractivity contribution in [2.24, 2.45) is 0 Å². The van der Waals surface area contributed by atoms with Gasteiger partial charge in [-0.05, 0) is 23.3 Å². The molecule has 3 rings (SSSR count). The molecule has 25 heavy (non-hydrogen) atoms. The van der Waals surface area contributed by atoms with Crippen LogP contribution >= 0.6 is 0 Å². The number of benzene rings is 3. The van der Waals surface area contributed by atoms with Crippen LogP contribution in [0.3, 0.4) is 0 Å². The fraction of sp³-hybridized carbons (Fsp3) is 0.100. The van der Waals surface area contributed by atoms with Gasteiger partial charge >= 0.3 is 0 Å². The highest BCUT2D eigenvalue weighted by atomic mass is 19.2. The summed E-state index contributed by atoms with van der Waals surface area (Å²) in [5, 5.41) is 0. The van der Waals surface area contributed by atoms with Gasteiger partial charge in [-0.2, -0.15) is 0 Å². The van der Waals surface area contributed by atoms with E-state index in [0.717, 1.165) is 0 Å². The molecule has 1 nitrogen and oxygen atoms in total. The molecule has 0 bridgehead atoms. The second-order valence-electron chi connectivity index (χ2n) is 5.50. The Balaban J connectivity index is 2.26. The summed E-state index contributed by atoms with van der Waals surface area (Å²) in [6, 6.07) is 15.1. The predicted octanol–water partition coefficient (Wildman–Crippen LogP) is 5.43. The van der Waals surface area contributed by atoms with Crippen LogP contribution in [0.1, 0.15) is 22.6 Å². The highest BCUT2D eigenvalue weighted by Gasteiger charge is 2.28. The van der Waals surface area contributed by atoms with Crippen LogP contribution in [0.15, 0.2) is 60.7 Å². The summed E-state index contributed by atoms with van der Waals surface area (Å²) in [6.45, 7) is 0. The van der Waals surface area contributed by atoms with E-state index in [0.29, 0.717) is 16.9 Å². The predicted molar refractivity (Wildman–Crippen MR) is 86.7 cm³/mol. The molecule has 0 aliphatic carbocycles. The van der Waals surface area contributed by atoms with E-state index in [1.165, 1.54) is 7.11 Å². The first-order chi connectivity index (χ1) is 12.0. The van der Waals surface area contributed by atoms with Crippen LogP contribution in [-0.4, -0.2) is 7.11 Å². The van der Waals surface area contributed by atoms with E-state index in [2.05, 4.69) is 0 Å². The highest BCUT2D eigenvalue weighted by molar-refractivity contribution is 5.45. The van der Waals surface area contributed by atoms with E-state index in [-0.39, 0.29) is 6.07 Å². The van der Waals surface area contributed by atoms with E-state index in [1.54, 1.807) is 54.6 Å². The maximum absolute atomic E-state index is 14.4. The number of methoxy groups -OCH3 is 1. The lowest BCUT2D eigenvalue weighted by atomic mass is 9.84. The van der Waals surface area contributed by atoms with Crippen molar-refractivity contribution in [2.45, 2.75) is 5.92 Å². The quantitative estimate of drug-likeness (QED) is 0.348. The maximum Gasteiger partial charge on any atom is 0.166 e. The minimum Gasteiger partial charge on any atom is -0.497 e. The monoisotopic (exact) mass is 346 g/mol. The standard InChI is InChI=1S/C20H14F4O/c1-25-14-9-7-13(8-10-14)17(12-5-3-2-4-6-12)18-19(23)15(21)11-16(22)20(18)24/h2-11,17H,1H3. The van der Waals surface area contributed by atoms with E-state index >= 15 is 0 Å². The molecule has 1 unspecified atom stereocenters. The zero-order chi connectivity index (χ0) is 18.0. The van der Waals surface area contributed by atoms with E-state index in [4.69, 9.17) is 4.74 Å². The Morgan fingerprint density at radius 2 is 1.24 bits per heavy atom. The molecule has 0 aliphatic heterocycles. The van der Waals surface area contributed by atoms with Crippen LogP contribution in [0.2, 0.25) is 0 Å². The topological polar surface area (TPSA) is 9.23 Å². The third-order valence-corrected chi connectivity index (χ3v) is 4.02. The first kappa shape index (κ1) is 17.0. The molecule has 0 fully saturated rings. The van der Waals surface area contributed by atoms with Crippen molar-refractivity contribution in [3.8, 4) is 5.75 Å². The molecule has 0 aliphatic rings. The summed E-state index contributed by atoms with van der Waals surface area (Å²) >= 11 is 0. The lowest BCUT2D eigenvalue weighted by Crippen LogP contribution is -2.11. The summed E-state index contributed by atoms with van der Waals surface area (Å²) in [7, 11) is 1.49. The van der Waals surface area contributed by atoms with Gasteiger partial charge in [-0.15, -0.1) is 0 Å². The molecule has 0 heterocycles. The zero-order valence-electron chi connectivity index (χ0n) is 13.3. The Morgan fingerprint density at radius 1 is 0.720 bits per heavy atom. The van der Waals surface area contributed by atoms with E-state index < -0.39 is 34.8 Å². The van der Waals surface area contributed by atoms with Crippen LogP contribution < -0.4 is 4.74 Å². The van der Waals surface area contributed by atoms with Gasteiger partial charge in [0.15, 0.2) is 23.3 Å². The summed E-state index contributed by atoms with van der Waals surface area (Å²) in [5.74, 6) is -6.10. The molecular formula is C20H14F4O. The van der Waals surface area contributed by atoms with E-state index in [9.17, 15) is 17.6 Å². The average molecular weight is 346 g/mol. The number of ether oxygens (including phenoxy) is 1. The molecule has 0 radical (unpaired) electrons. The number of hydrogen-bond donors (Lipinski definition) is 0. The molecule has 3 aromatic carbocycles. The third-order valence-electron chi connectivity index (χ3n) is 4.02. The minimum absolute atomic E-state index is 0.213. The fourth-order valence-electron chi connectivity index (χ4n) is 2.81. The molecule has 3 aromatic rings. The third kappa shape index (κ3) is 3.22. The maximum atomic E-state index is 14.4. The molecule has 0 saturated carbocycles. The van der Waals surface area contributed by atoms with Crippen molar-refractivity contribution >= 4 is 0 Å². The molecule has 5 heteroatoms. The van der Waals surface area contributed by atoms with Gasteiger partial charge in [-0.1, -0.05) is 42.5 Å². The molecule has 0 saturated heterocycles. The van der Waals surface area contributed by atoms with Gasteiger partial charge in [0.25, 0.3) is 0 Å². The smallest absolute Gasteiger partial charge is 0.166 e. The van der Waals surface area contributed by atoms with Crippen molar-refractivity contribution in [3.63, 3.8) is 0 Å². The molecule has 0 N–H and O–H groups in total. The largest absolute Gasteiger partial charge is 0.497 e. The second kappa shape index (κ2) is 6.97. The molecular weight excluding hydrogens is 332 g/mol. The number of hydrogen-bond acceptors (Lipinski definition) is 1. The summed E-state index contributed by atoms with van der Waals surface area (Å²) in [4.78, 5) is 0. The highest BCUT2D eigenvalue weighted by Crippen LogP contribution is 2.37. The molecule has 128 valence electrons. The van der Waals surface area contributed by atoms with Crippen molar-refractivity contribution in [3.05, 3.63) is 101 Å². The Kier molecular flexibility index (Phi) is 4.74. The molecule has 1 atom stereocenters. The number of rotatable bonds is 4. The van der Waals surface area contributed by atoms with Gasteiger partial charge in [0.1, 0.15) is 5.75 Å². The van der Waals surface area contributed by atoms with Crippen LogP contribution in [-0.2, 0) is 0 Å². The summed E-state index contributed by atoms with van der Waals surface area (Å²) in [5.41, 5.74) is 0.333. The minimum atomic E-state index is -1.43. The molecule has 0 amide bonds. The average Bonchev–Trinajstić information content (AvgIpc) is 2.64. The van der Waals surface area contributed by atoms with Gasteiger partial charge in [0, 0.05) is 17.5 Å². The zero-order valence-corrected chi connectivity index (χ0v) is 13.3. The van der Waals surface area contributed by atoms with Crippen LogP contribution in [0.4, 0.5) is 17.6 Å². The Morgan fingerprint density at radius 3 is 1.76 bits per heavy atom. The molecule has 0 aromatic heterocycles. The fourth-order valence-corrected chi connectivity index (χ4v) is 2.81. The van der Waals surface area contributed by atoms with Crippen LogP contribution in [0.25, 0.3) is 0 Å². The normalized spacial score (nSPS) is 12.0. The van der Waals surface area contributed by atoms with Gasteiger partial charge in [0.05, 0.1) is 7.11 Å². The van der Waals surface area contributed by atoms with Gasteiger partial charge in [0.2, 0.25) is 0 Å². The van der Waals surface area contributed by atoms with Crippen molar-refractivity contribution in [2.75, 3.05) is 7.11 Å². The molecule has 0 spiro atoms. The Hall–Kier alpha value is -2.82. The Bertz CT molecular complexity index is 850. The van der Waals surface area contributed by atoms with E-state index in [1.807, 2.05) is 0 Å². The SMILES string of the molecule is COc1ccc(C(c2ccccc2)c2c(F)c(F)cc(F)c2F)cc1. The van der Waals surface area contributed by atoms with Crippen molar-refractivity contribution in [1.29, 1.82) is 0 Å². The summed E-state index contributed by atoms with van der Waals surface area (Å²) in [6.07, 6.45) is 0. The first-order valence-electron chi connectivity index (χ1n) is 7.54. The second-order valence-corrected chi connectivity index (χ2v) is 5.50. The van der Waals surface area contributed by atoms with Crippen LogP contribution in [0.5, 0.6) is 5.75 Å². The van der Waals surface area contributed by atoms with Gasteiger partial charge < -0.3 is 4.74 Å². The first-order valence-corrected chi connectivity index (χ1v) is 7.54. The number of halogens is 4. The van der Waals surface area contributed by atoms with Gasteiger partial charge in [-0.25, -0.2) is 17.6 Å².